The summed E-state index contributed by atoms with van der Waals surface area (Å²) in [5, 5.41) is 18.2. The van der Waals surface area contributed by atoms with Crippen LogP contribution in [0.3, 0.4) is 0 Å². The van der Waals surface area contributed by atoms with E-state index in [0.717, 1.165) is 0 Å². The SMILES string of the molecule is CN(C)/C=N/c1cc2c(cc1C#N)OCC(CO)O2. The normalized spacial score (nSPS) is 17.3. The first kappa shape index (κ1) is 13.2. The molecule has 0 radical (unpaired) electrons. The highest BCUT2D eigenvalue weighted by molar-refractivity contribution is 5.68. The second-order valence-corrected chi connectivity index (χ2v) is 4.37. The van der Waals surface area contributed by atoms with Gasteiger partial charge in [0.25, 0.3) is 0 Å². The molecule has 19 heavy (non-hydrogen) atoms. The lowest BCUT2D eigenvalue weighted by Gasteiger charge is -2.25. The topological polar surface area (TPSA) is 78.1 Å². The van der Waals surface area contributed by atoms with E-state index < -0.39 is 0 Å². The van der Waals surface area contributed by atoms with Crippen molar-refractivity contribution in [3.63, 3.8) is 0 Å². The van der Waals surface area contributed by atoms with Crippen LogP contribution in [0.4, 0.5) is 5.69 Å². The summed E-state index contributed by atoms with van der Waals surface area (Å²) in [5.74, 6) is 1.00. The van der Waals surface area contributed by atoms with Gasteiger partial charge in [0.15, 0.2) is 17.6 Å². The second kappa shape index (κ2) is 5.59. The number of ether oxygens (including phenoxy) is 2. The first-order valence-corrected chi connectivity index (χ1v) is 5.83. The minimum absolute atomic E-state index is 0.115. The number of rotatable bonds is 3. The zero-order valence-electron chi connectivity index (χ0n) is 10.8. The number of fused-ring (bicyclic) bond motifs is 1. The number of benzene rings is 1. The number of aliphatic imine (C=N–C) groups is 1. The van der Waals surface area contributed by atoms with Crippen molar-refractivity contribution in [2.75, 3.05) is 27.3 Å². The average Bonchev–Trinajstić information content (AvgIpc) is 2.43. The van der Waals surface area contributed by atoms with Gasteiger partial charge in [0, 0.05) is 26.2 Å². The summed E-state index contributed by atoms with van der Waals surface area (Å²) in [6.45, 7) is 0.157. The van der Waals surface area contributed by atoms with Gasteiger partial charge in [0.1, 0.15) is 12.7 Å². The molecule has 2 rings (SSSR count). The summed E-state index contributed by atoms with van der Waals surface area (Å²) in [6.07, 6.45) is 1.22. The molecular formula is C13H15N3O3. The third kappa shape index (κ3) is 2.95. The molecule has 1 unspecified atom stereocenters. The number of nitrogens with zero attached hydrogens (tertiary/aromatic N) is 3. The average molecular weight is 261 g/mol. The first-order chi connectivity index (χ1) is 9.13. The Morgan fingerprint density at radius 2 is 2.32 bits per heavy atom. The quantitative estimate of drug-likeness (QED) is 0.646. The Bertz CT molecular complexity index is 535. The molecule has 1 N–H and O–H groups in total. The molecule has 100 valence electrons. The van der Waals surface area contributed by atoms with Gasteiger partial charge >= 0.3 is 0 Å². The van der Waals surface area contributed by atoms with Crippen LogP contribution in [0.5, 0.6) is 11.5 Å². The molecule has 1 heterocycles. The number of hydrogen-bond donors (Lipinski definition) is 1. The van der Waals surface area contributed by atoms with Gasteiger partial charge in [0.05, 0.1) is 24.2 Å². The largest absolute Gasteiger partial charge is 0.486 e. The number of aliphatic hydroxyl groups excluding tert-OH is 1. The molecule has 1 aromatic rings. The molecule has 0 aromatic heterocycles. The van der Waals surface area contributed by atoms with E-state index in [2.05, 4.69) is 11.1 Å². The molecule has 0 saturated carbocycles. The summed E-state index contributed by atoms with van der Waals surface area (Å²) >= 11 is 0. The highest BCUT2D eigenvalue weighted by Crippen LogP contribution is 2.37. The Hall–Kier alpha value is -2.26. The highest BCUT2D eigenvalue weighted by atomic mass is 16.6. The van der Waals surface area contributed by atoms with Crippen LogP contribution in [-0.4, -0.2) is 49.8 Å². The van der Waals surface area contributed by atoms with E-state index in [9.17, 15) is 0 Å². The summed E-state index contributed by atoms with van der Waals surface area (Å²) in [7, 11) is 3.69. The standard InChI is InChI=1S/C13H15N3O3/c1-16(2)8-15-11-4-13-12(3-9(11)5-14)18-7-10(6-17)19-13/h3-4,8,10,17H,6-7H2,1-2H3/b15-8+. The van der Waals surface area contributed by atoms with Crippen LogP contribution in [0.25, 0.3) is 0 Å². The third-order valence-corrected chi connectivity index (χ3v) is 2.53. The minimum Gasteiger partial charge on any atom is -0.486 e. The summed E-state index contributed by atoms with van der Waals surface area (Å²) in [5.41, 5.74) is 0.931. The molecule has 0 aliphatic carbocycles. The van der Waals surface area contributed by atoms with Crippen LogP contribution in [0.1, 0.15) is 5.56 Å². The zero-order chi connectivity index (χ0) is 13.8. The lowest BCUT2D eigenvalue weighted by atomic mass is 10.1. The van der Waals surface area contributed by atoms with Crippen LogP contribution in [-0.2, 0) is 0 Å². The molecule has 1 aliphatic rings. The van der Waals surface area contributed by atoms with Crippen LogP contribution in [0.2, 0.25) is 0 Å². The second-order valence-electron chi connectivity index (χ2n) is 4.37. The minimum atomic E-state index is -0.383. The van der Waals surface area contributed by atoms with Crippen molar-refractivity contribution in [1.29, 1.82) is 5.26 Å². The third-order valence-electron chi connectivity index (χ3n) is 2.53. The van der Waals surface area contributed by atoms with Gasteiger partial charge in [-0.15, -0.1) is 0 Å². The van der Waals surface area contributed by atoms with Gasteiger partial charge in [-0.2, -0.15) is 5.26 Å². The van der Waals surface area contributed by atoms with Crippen LogP contribution in [0, 0.1) is 11.3 Å². The maximum absolute atomic E-state index is 9.11. The molecule has 1 aromatic carbocycles. The van der Waals surface area contributed by atoms with E-state index >= 15 is 0 Å². The van der Waals surface area contributed by atoms with Gasteiger partial charge < -0.3 is 19.5 Å². The Labute approximate surface area is 111 Å². The van der Waals surface area contributed by atoms with E-state index in [-0.39, 0.29) is 19.3 Å². The van der Waals surface area contributed by atoms with Crippen molar-refractivity contribution < 1.29 is 14.6 Å². The Kier molecular flexibility index (Phi) is 3.88. The first-order valence-electron chi connectivity index (χ1n) is 5.83. The lowest BCUT2D eigenvalue weighted by Crippen LogP contribution is -2.32. The molecule has 0 fully saturated rings. The molecular weight excluding hydrogens is 246 g/mol. The van der Waals surface area contributed by atoms with Crippen LogP contribution >= 0.6 is 0 Å². The summed E-state index contributed by atoms with van der Waals surface area (Å²) in [6, 6.07) is 5.33. The van der Waals surface area contributed by atoms with Crippen LogP contribution in [0.15, 0.2) is 17.1 Å². The monoisotopic (exact) mass is 261 g/mol. The van der Waals surface area contributed by atoms with E-state index in [1.807, 2.05) is 14.1 Å². The Balaban J connectivity index is 2.37. The van der Waals surface area contributed by atoms with Crippen molar-refractivity contribution in [3.8, 4) is 17.6 Å². The lowest BCUT2D eigenvalue weighted by molar-refractivity contribution is 0.0457. The highest BCUT2D eigenvalue weighted by Gasteiger charge is 2.22. The van der Waals surface area contributed by atoms with Crippen molar-refractivity contribution in [2.24, 2.45) is 4.99 Å². The van der Waals surface area contributed by atoms with Crippen molar-refractivity contribution in [1.82, 2.24) is 4.90 Å². The molecule has 1 atom stereocenters. The number of hydrogen-bond acceptors (Lipinski definition) is 5. The van der Waals surface area contributed by atoms with E-state index in [4.69, 9.17) is 19.8 Å². The Morgan fingerprint density at radius 3 is 2.95 bits per heavy atom. The van der Waals surface area contributed by atoms with E-state index in [0.29, 0.717) is 22.7 Å². The van der Waals surface area contributed by atoms with Crippen molar-refractivity contribution in [3.05, 3.63) is 17.7 Å². The summed E-state index contributed by atoms with van der Waals surface area (Å²) < 4.78 is 11.0. The fourth-order valence-electron chi connectivity index (χ4n) is 1.61. The zero-order valence-corrected chi connectivity index (χ0v) is 10.8. The summed E-state index contributed by atoms with van der Waals surface area (Å²) in [4.78, 5) is 5.99. The molecule has 0 amide bonds. The molecule has 1 aliphatic heterocycles. The molecule has 0 bridgehead atoms. The van der Waals surface area contributed by atoms with Gasteiger partial charge in [-0.05, 0) is 0 Å². The van der Waals surface area contributed by atoms with Gasteiger partial charge in [0.2, 0.25) is 0 Å². The van der Waals surface area contributed by atoms with Crippen LogP contribution < -0.4 is 9.47 Å². The predicted octanol–water partition coefficient (Wildman–Crippen LogP) is 0.912. The van der Waals surface area contributed by atoms with E-state index in [1.165, 1.54) is 0 Å². The molecule has 0 saturated heterocycles. The van der Waals surface area contributed by atoms with E-state index in [1.54, 1.807) is 23.4 Å². The molecule has 6 heteroatoms. The smallest absolute Gasteiger partial charge is 0.164 e. The van der Waals surface area contributed by atoms with Gasteiger partial charge in [-0.25, -0.2) is 4.99 Å². The maximum atomic E-state index is 9.11. The van der Waals surface area contributed by atoms with Gasteiger partial charge in [-0.3, -0.25) is 0 Å². The maximum Gasteiger partial charge on any atom is 0.164 e. The van der Waals surface area contributed by atoms with Gasteiger partial charge in [-0.1, -0.05) is 0 Å². The molecule has 6 nitrogen and oxygen atoms in total. The predicted molar refractivity (Wildman–Crippen MR) is 70.0 cm³/mol. The number of nitriles is 1. The van der Waals surface area contributed by atoms with Crippen molar-refractivity contribution >= 4 is 12.0 Å². The Morgan fingerprint density at radius 1 is 1.53 bits per heavy atom. The fourth-order valence-corrected chi connectivity index (χ4v) is 1.61. The van der Waals surface area contributed by atoms with Crippen molar-refractivity contribution in [2.45, 2.75) is 6.10 Å². The fraction of sp³-hybridized carbons (Fsp3) is 0.385. The number of aliphatic hydroxyl groups is 1. The molecule has 0 spiro atoms.